The fourth-order valence-corrected chi connectivity index (χ4v) is 2.01. The Bertz CT molecular complexity index is 710. The molecular formula is C10H8ClF2N3O2S. The summed E-state index contributed by atoms with van der Waals surface area (Å²) in [5.74, 6) is -2.95. The Kier molecular flexibility index (Phi) is 3.31. The van der Waals surface area contributed by atoms with Crippen LogP contribution < -0.4 is 0 Å². The van der Waals surface area contributed by atoms with Gasteiger partial charge in [0, 0.05) is 29.4 Å². The van der Waals surface area contributed by atoms with Crippen LogP contribution in [0.25, 0.3) is 5.82 Å². The van der Waals surface area contributed by atoms with Gasteiger partial charge in [0.2, 0.25) is 0 Å². The number of rotatable bonds is 3. The highest BCUT2D eigenvalue weighted by Crippen LogP contribution is 2.27. The van der Waals surface area contributed by atoms with Crippen LogP contribution in [0.4, 0.5) is 8.78 Å². The van der Waals surface area contributed by atoms with Gasteiger partial charge in [-0.25, -0.2) is 26.9 Å². The van der Waals surface area contributed by atoms with Gasteiger partial charge in [-0.3, -0.25) is 0 Å². The van der Waals surface area contributed by atoms with Gasteiger partial charge in [0.15, 0.2) is 5.82 Å². The van der Waals surface area contributed by atoms with E-state index in [2.05, 4.69) is 10.1 Å². The topological polar surface area (TPSA) is 64.8 Å². The molecule has 0 aromatic carbocycles. The molecule has 0 saturated heterocycles. The van der Waals surface area contributed by atoms with Crippen molar-refractivity contribution in [3.05, 3.63) is 36.3 Å². The molecule has 0 radical (unpaired) electrons. The monoisotopic (exact) mass is 307 g/mol. The third-order valence-corrected chi connectivity index (χ3v) is 3.64. The van der Waals surface area contributed by atoms with E-state index in [9.17, 15) is 17.2 Å². The maximum Gasteiger partial charge on any atom is 0.270 e. The summed E-state index contributed by atoms with van der Waals surface area (Å²) < 4.78 is 49.6. The van der Waals surface area contributed by atoms with E-state index in [0.29, 0.717) is 0 Å². The molecule has 0 fully saturated rings. The summed E-state index contributed by atoms with van der Waals surface area (Å²) in [6.45, 7) is 0.754. The summed E-state index contributed by atoms with van der Waals surface area (Å²) in [5.41, 5.74) is -0.247. The van der Waals surface area contributed by atoms with Gasteiger partial charge in [-0.1, -0.05) is 0 Å². The lowest BCUT2D eigenvalue weighted by molar-refractivity contribution is 0.0173. The van der Waals surface area contributed by atoms with Gasteiger partial charge in [-0.05, 0) is 12.1 Å². The first-order valence-corrected chi connectivity index (χ1v) is 7.33. The SMILES string of the molecule is CC(F)(F)c1ccnc(-n2cc(S(=O)(=O)Cl)cn2)c1. The molecule has 9 heteroatoms. The van der Waals surface area contributed by atoms with Crippen LogP contribution in [-0.4, -0.2) is 23.2 Å². The van der Waals surface area contributed by atoms with Crippen LogP contribution >= 0.6 is 10.7 Å². The Labute approximate surface area is 112 Å². The molecule has 0 saturated carbocycles. The molecule has 0 spiro atoms. The molecule has 5 nitrogen and oxygen atoms in total. The fraction of sp³-hybridized carbons (Fsp3) is 0.200. The predicted molar refractivity (Wildman–Crippen MR) is 64.0 cm³/mol. The standard InChI is InChI=1S/C10H8ClF2N3O2S/c1-10(12,13)7-2-3-14-9(4-7)16-6-8(5-15-16)19(11,17)18/h2-6H,1H3. The second kappa shape index (κ2) is 4.53. The molecule has 0 aliphatic carbocycles. The Balaban J connectivity index is 2.46. The van der Waals surface area contributed by atoms with Gasteiger partial charge < -0.3 is 0 Å². The van der Waals surface area contributed by atoms with E-state index >= 15 is 0 Å². The van der Waals surface area contributed by atoms with Gasteiger partial charge in [0.05, 0.1) is 12.4 Å². The fourth-order valence-electron chi connectivity index (χ4n) is 1.37. The lowest BCUT2D eigenvalue weighted by Gasteiger charge is -2.11. The number of nitrogens with zero attached hydrogens (tertiary/aromatic N) is 3. The Morgan fingerprint density at radius 1 is 1.42 bits per heavy atom. The second-order valence-electron chi connectivity index (χ2n) is 3.85. The van der Waals surface area contributed by atoms with Crippen molar-refractivity contribution >= 4 is 19.7 Å². The van der Waals surface area contributed by atoms with Crippen LogP contribution in [0.2, 0.25) is 0 Å². The molecule has 0 aliphatic heterocycles. The molecular weight excluding hydrogens is 300 g/mol. The number of hydrogen-bond donors (Lipinski definition) is 0. The largest absolute Gasteiger partial charge is 0.270 e. The molecule has 0 aliphatic rings. The zero-order valence-electron chi connectivity index (χ0n) is 9.59. The Hall–Kier alpha value is -1.54. The third kappa shape index (κ3) is 3.07. The summed E-state index contributed by atoms with van der Waals surface area (Å²) in [5, 5.41) is 3.72. The maximum absolute atomic E-state index is 13.2. The van der Waals surface area contributed by atoms with Crippen LogP contribution in [-0.2, 0) is 15.0 Å². The molecule has 2 heterocycles. The molecule has 0 amide bonds. The first-order chi connectivity index (χ1) is 8.68. The van der Waals surface area contributed by atoms with Crippen molar-refractivity contribution in [3.63, 3.8) is 0 Å². The summed E-state index contributed by atoms with van der Waals surface area (Å²) in [6, 6.07) is 2.30. The highest BCUT2D eigenvalue weighted by Gasteiger charge is 2.25. The normalized spacial score (nSPS) is 12.6. The van der Waals surface area contributed by atoms with Gasteiger partial charge in [0.25, 0.3) is 15.0 Å². The van der Waals surface area contributed by atoms with Gasteiger partial charge >= 0.3 is 0 Å². The molecule has 0 unspecified atom stereocenters. The van der Waals surface area contributed by atoms with Crippen LogP contribution in [0.1, 0.15) is 12.5 Å². The number of hydrogen-bond acceptors (Lipinski definition) is 4. The number of aromatic nitrogens is 3. The average Bonchev–Trinajstić information content (AvgIpc) is 2.77. The Morgan fingerprint density at radius 2 is 2.11 bits per heavy atom. The molecule has 0 atom stereocenters. The molecule has 2 aromatic heterocycles. The smallest absolute Gasteiger partial charge is 0.237 e. The highest BCUT2D eigenvalue weighted by atomic mass is 35.7. The molecule has 0 N–H and O–H groups in total. The van der Waals surface area contributed by atoms with Crippen molar-refractivity contribution < 1.29 is 17.2 Å². The summed E-state index contributed by atoms with van der Waals surface area (Å²) in [7, 11) is 1.23. The quantitative estimate of drug-likeness (QED) is 0.816. The van der Waals surface area contributed by atoms with Crippen LogP contribution in [0.5, 0.6) is 0 Å². The molecule has 0 bridgehead atoms. The van der Waals surface area contributed by atoms with E-state index in [1.165, 1.54) is 12.3 Å². The molecule has 19 heavy (non-hydrogen) atoms. The van der Waals surface area contributed by atoms with Crippen molar-refractivity contribution in [3.8, 4) is 5.82 Å². The van der Waals surface area contributed by atoms with E-state index in [1.54, 1.807) is 0 Å². The molecule has 102 valence electrons. The van der Waals surface area contributed by atoms with Crippen LogP contribution in [0, 0.1) is 0 Å². The van der Waals surface area contributed by atoms with Gasteiger partial charge in [-0.2, -0.15) is 5.10 Å². The maximum atomic E-state index is 13.2. The molecule has 2 rings (SSSR count). The summed E-state index contributed by atoms with van der Waals surface area (Å²) in [4.78, 5) is 3.62. The highest BCUT2D eigenvalue weighted by molar-refractivity contribution is 8.13. The number of alkyl halides is 2. The predicted octanol–water partition coefficient (Wildman–Crippen LogP) is 2.31. The lowest BCUT2D eigenvalue weighted by Crippen LogP contribution is -2.09. The minimum absolute atomic E-state index is 0.0746. The van der Waals surface area contributed by atoms with Crippen LogP contribution in [0.15, 0.2) is 35.6 Å². The van der Waals surface area contributed by atoms with Crippen molar-refractivity contribution in [2.45, 2.75) is 17.7 Å². The minimum atomic E-state index is -3.92. The zero-order valence-corrected chi connectivity index (χ0v) is 11.2. The second-order valence-corrected chi connectivity index (χ2v) is 6.42. The lowest BCUT2D eigenvalue weighted by atomic mass is 10.1. The van der Waals surface area contributed by atoms with Crippen LogP contribution in [0.3, 0.4) is 0 Å². The van der Waals surface area contributed by atoms with Gasteiger partial charge in [0.1, 0.15) is 4.90 Å². The minimum Gasteiger partial charge on any atom is -0.237 e. The van der Waals surface area contributed by atoms with Crippen molar-refractivity contribution in [1.29, 1.82) is 0 Å². The average molecular weight is 308 g/mol. The van der Waals surface area contributed by atoms with E-state index in [0.717, 1.165) is 30.1 Å². The molecule has 2 aromatic rings. The first-order valence-electron chi connectivity index (χ1n) is 5.02. The van der Waals surface area contributed by atoms with E-state index < -0.39 is 15.0 Å². The van der Waals surface area contributed by atoms with Crippen molar-refractivity contribution in [1.82, 2.24) is 14.8 Å². The number of halogens is 3. The third-order valence-electron chi connectivity index (χ3n) is 2.33. The van der Waals surface area contributed by atoms with Crippen molar-refractivity contribution in [2.75, 3.05) is 0 Å². The number of pyridine rings is 1. The van der Waals surface area contributed by atoms with E-state index in [-0.39, 0.29) is 16.3 Å². The van der Waals surface area contributed by atoms with E-state index in [1.807, 2.05) is 0 Å². The Morgan fingerprint density at radius 3 is 2.63 bits per heavy atom. The first kappa shape index (κ1) is 13.9. The van der Waals surface area contributed by atoms with Crippen molar-refractivity contribution in [2.24, 2.45) is 0 Å². The van der Waals surface area contributed by atoms with Gasteiger partial charge in [-0.15, -0.1) is 0 Å². The van der Waals surface area contributed by atoms with E-state index in [4.69, 9.17) is 10.7 Å². The summed E-state index contributed by atoms with van der Waals surface area (Å²) in [6.07, 6.45) is 3.31. The summed E-state index contributed by atoms with van der Waals surface area (Å²) >= 11 is 0. The zero-order chi connectivity index (χ0) is 14.3.